The summed E-state index contributed by atoms with van der Waals surface area (Å²) in [5.41, 5.74) is 1.87. The van der Waals surface area contributed by atoms with Crippen molar-refractivity contribution in [2.75, 3.05) is 18.0 Å². The minimum Gasteiger partial charge on any atom is -0.489 e. The Kier molecular flexibility index (Phi) is 5.10. The van der Waals surface area contributed by atoms with Gasteiger partial charge in [-0.05, 0) is 42.9 Å². The highest BCUT2D eigenvalue weighted by molar-refractivity contribution is 6.09. The molecule has 2 aromatic rings. The minimum atomic E-state index is -0.572. The zero-order chi connectivity index (χ0) is 18.6. The summed E-state index contributed by atoms with van der Waals surface area (Å²) in [4.78, 5) is 26.7. The number of benzene rings is 2. The summed E-state index contributed by atoms with van der Waals surface area (Å²) in [6.07, 6.45) is 2.92. The summed E-state index contributed by atoms with van der Waals surface area (Å²) < 4.78 is 5.86. The number of carbonyl (C=O) groups is 2. The van der Waals surface area contributed by atoms with E-state index in [-0.39, 0.29) is 11.8 Å². The van der Waals surface area contributed by atoms with Crippen molar-refractivity contribution in [1.82, 2.24) is 5.32 Å². The molecule has 2 aromatic carbocycles. The van der Waals surface area contributed by atoms with Crippen LogP contribution in [0.25, 0.3) is 0 Å². The number of carbonyl (C=O) groups excluding carboxylic acids is 2. The molecule has 0 bridgehead atoms. The Morgan fingerprint density at radius 2 is 1.89 bits per heavy atom. The molecule has 1 saturated heterocycles. The van der Waals surface area contributed by atoms with Gasteiger partial charge in [-0.3, -0.25) is 9.59 Å². The van der Waals surface area contributed by atoms with E-state index in [1.165, 1.54) is 12.8 Å². The predicted octanol–water partition coefficient (Wildman–Crippen LogP) is 3.14. The maximum atomic E-state index is 12.7. The molecule has 0 aromatic heterocycles. The van der Waals surface area contributed by atoms with Crippen molar-refractivity contribution in [2.45, 2.75) is 25.9 Å². The van der Waals surface area contributed by atoms with Gasteiger partial charge in [-0.1, -0.05) is 36.4 Å². The van der Waals surface area contributed by atoms with Gasteiger partial charge in [0.1, 0.15) is 18.3 Å². The lowest BCUT2D eigenvalue weighted by atomic mass is 10.1. The monoisotopic (exact) mass is 364 g/mol. The second kappa shape index (κ2) is 7.82. The van der Waals surface area contributed by atoms with E-state index in [4.69, 9.17) is 4.74 Å². The van der Waals surface area contributed by atoms with Gasteiger partial charge in [0.05, 0.1) is 0 Å². The summed E-state index contributed by atoms with van der Waals surface area (Å²) >= 11 is 0. The highest BCUT2D eigenvalue weighted by Gasteiger charge is 2.38. The molecule has 1 heterocycles. The molecule has 1 unspecified atom stereocenters. The molecule has 2 fully saturated rings. The molecule has 0 spiro atoms. The molecule has 4 rings (SSSR count). The van der Waals surface area contributed by atoms with Crippen LogP contribution in [-0.4, -0.2) is 24.9 Å². The summed E-state index contributed by atoms with van der Waals surface area (Å²) in [5, 5.41) is 2.93. The molecule has 1 aliphatic carbocycles. The van der Waals surface area contributed by atoms with Crippen molar-refractivity contribution in [3.05, 3.63) is 60.2 Å². The average molecular weight is 364 g/mol. The topological polar surface area (TPSA) is 58.6 Å². The highest BCUT2D eigenvalue weighted by Crippen LogP contribution is 2.30. The lowest BCUT2D eigenvalue weighted by Gasteiger charge is -2.18. The fraction of sp³-hybridized carbons (Fsp3) is 0.364. The number of hydrogen-bond acceptors (Lipinski definition) is 3. The molecule has 140 valence electrons. The van der Waals surface area contributed by atoms with Crippen LogP contribution >= 0.6 is 0 Å². The summed E-state index contributed by atoms with van der Waals surface area (Å²) in [6, 6.07) is 17.5. The van der Waals surface area contributed by atoms with Gasteiger partial charge in [0.25, 0.3) is 0 Å². The first-order chi connectivity index (χ1) is 13.2. The van der Waals surface area contributed by atoms with Crippen LogP contribution in [0.15, 0.2) is 54.6 Å². The van der Waals surface area contributed by atoms with Crippen molar-refractivity contribution in [3.8, 4) is 5.75 Å². The Balaban J connectivity index is 1.38. The number of hydrogen-bond donors (Lipinski definition) is 1. The summed E-state index contributed by atoms with van der Waals surface area (Å²) in [6.45, 7) is 1.73. The predicted molar refractivity (Wildman–Crippen MR) is 103 cm³/mol. The molecule has 27 heavy (non-hydrogen) atoms. The van der Waals surface area contributed by atoms with E-state index in [0.717, 1.165) is 11.3 Å². The third-order valence-corrected chi connectivity index (χ3v) is 5.16. The van der Waals surface area contributed by atoms with Gasteiger partial charge < -0.3 is 15.0 Å². The van der Waals surface area contributed by atoms with Gasteiger partial charge in [0.2, 0.25) is 11.8 Å². The van der Waals surface area contributed by atoms with Gasteiger partial charge in [0.15, 0.2) is 0 Å². The van der Waals surface area contributed by atoms with Crippen molar-refractivity contribution in [3.63, 3.8) is 0 Å². The Labute approximate surface area is 159 Å². The van der Waals surface area contributed by atoms with Crippen molar-refractivity contribution in [1.29, 1.82) is 0 Å². The zero-order valence-corrected chi connectivity index (χ0v) is 15.3. The molecule has 1 atom stereocenters. The Morgan fingerprint density at radius 1 is 1.07 bits per heavy atom. The second-order valence-electron chi connectivity index (χ2n) is 7.29. The molecule has 1 saturated carbocycles. The highest BCUT2D eigenvalue weighted by atomic mass is 16.5. The first kappa shape index (κ1) is 17.6. The number of ether oxygens (including phenoxy) is 1. The van der Waals surface area contributed by atoms with E-state index in [1.807, 2.05) is 54.6 Å². The number of anilines is 1. The van der Waals surface area contributed by atoms with E-state index in [9.17, 15) is 9.59 Å². The molecular weight excluding hydrogens is 340 g/mol. The molecule has 5 nitrogen and oxygen atoms in total. The molecule has 0 radical (unpaired) electrons. The number of amides is 2. The fourth-order valence-electron chi connectivity index (χ4n) is 3.35. The smallest absolute Gasteiger partial charge is 0.239 e. The lowest BCUT2D eigenvalue weighted by molar-refractivity contribution is -0.132. The molecule has 1 N–H and O–H groups in total. The number of nitrogens with one attached hydrogen (secondary N) is 1. The Bertz CT molecular complexity index is 817. The van der Waals surface area contributed by atoms with Crippen LogP contribution in [-0.2, 0) is 16.2 Å². The van der Waals surface area contributed by atoms with Gasteiger partial charge >= 0.3 is 0 Å². The molecule has 1 aliphatic heterocycles. The van der Waals surface area contributed by atoms with Crippen molar-refractivity contribution in [2.24, 2.45) is 11.8 Å². The molecular formula is C22H24N2O3. The zero-order valence-electron chi connectivity index (χ0n) is 15.3. The third-order valence-electron chi connectivity index (χ3n) is 5.16. The van der Waals surface area contributed by atoms with Crippen LogP contribution in [0.1, 0.15) is 24.8 Å². The lowest BCUT2D eigenvalue weighted by Crippen LogP contribution is -2.37. The van der Waals surface area contributed by atoms with E-state index in [2.05, 4.69) is 5.32 Å². The maximum Gasteiger partial charge on any atom is 0.239 e. The van der Waals surface area contributed by atoms with E-state index in [0.29, 0.717) is 37.8 Å². The number of rotatable bonds is 7. The standard InChI is InChI=1S/C22H24N2O3/c25-21(23-14-16-9-10-16)20-11-12-24(22(20)26)18-7-4-8-19(13-18)27-15-17-5-2-1-3-6-17/h1-8,13,16,20H,9-12,14-15H2,(H,23,25). The Morgan fingerprint density at radius 3 is 2.67 bits per heavy atom. The minimum absolute atomic E-state index is 0.122. The van der Waals surface area contributed by atoms with Gasteiger partial charge in [0, 0.05) is 24.8 Å². The maximum absolute atomic E-state index is 12.7. The molecule has 2 amide bonds. The largest absolute Gasteiger partial charge is 0.489 e. The fourth-order valence-corrected chi connectivity index (χ4v) is 3.35. The third kappa shape index (κ3) is 4.30. The van der Waals surface area contributed by atoms with Crippen LogP contribution in [0.3, 0.4) is 0 Å². The molecule has 5 heteroatoms. The first-order valence-corrected chi connectivity index (χ1v) is 9.56. The first-order valence-electron chi connectivity index (χ1n) is 9.56. The molecule has 2 aliphatic rings. The van der Waals surface area contributed by atoms with E-state index >= 15 is 0 Å². The van der Waals surface area contributed by atoms with Crippen LogP contribution in [0, 0.1) is 11.8 Å². The van der Waals surface area contributed by atoms with Gasteiger partial charge in [-0.2, -0.15) is 0 Å². The SMILES string of the molecule is O=C(NCC1CC1)C1CCN(c2cccc(OCc3ccccc3)c2)C1=O. The van der Waals surface area contributed by atoms with Crippen LogP contribution in [0.4, 0.5) is 5.69 Å². The van der Waals surface area contributed by atoms with Crippen molar-refractivity contribution < 1.29 is 14.3 Å². The van der Waals surface area contributed by atoms with Crippen molar-refractivity contribution >= 4 is 17.5 Å². The van der Waals surface area contributed by atoms with Crippen LogP contribution in [0.2, 0.25) is 0 Å². The van der Waals surface area contributed by atoms with Crippen LogP contribution < -0.4 is 15.0 Å². The normalized spacial score (nSPS) is 19.2. The summed E-state index contributed by atoms with van der Waals surface area (Å²) in [5.74, 6) is 0.498. The second-order valence-corrected chi connectivity index (χ2v) is 7.29. The van der Waals surface area contributed by atoms with Gasteiger partial charge in [-0.15, -0.1) is 0 Å². The number of nitrogens with zero attached hydrogens (tertiary/aromatic N) is 1. The van der Waals surface area contributed by atoms with Crippen LogP contribution in [0.5, 0.6) is 5.75 Å². The quantitative estimate of drug-likeness (QED) is 0.768. The van der Waals surface area contributed by atoms with Gasteiger partial charge in [-0.25, -0.2) is 0 Å². The Hall–Kier alpha value is -2.82. The van der Waals surface area contributed by atoms with E-state index in [1.54, 1.807) is 4.90 Å². The van der Waals surface area contributed by atoms with E-state index < -0.39 is 5.92 Å². The average Bonchev–Trinajstić information content (AvgIpc) is 3.46. The summed E-state index contributed by atoms with van der Waals surface area (Å²) in [7, 11) is 0.